The van der Waals surface area contributed by atoms with E-state index < -0.39 is 0 Å². The molecule has 0 atom stereocenters. The van der Waals surface area contributed by atoms with Crippen molar-refractivity contribution < 1.29 is 9.15 Å². The van der Waals surface area contributed by atoms with Gasteiger partial charge in [-0.25, -0.2) is 0 Å². The fourth-order valence-corrected chi connectivity index (χ4v) is 2.95. The van der Waals surface area contributed by atoms with Gasteiger partial charge in [-0.1, -0.05) is 66.7 Å². The molecule has 1 aromatic heterocycles. The van der Waals surface area contributed by atoms with E-state index in [2.05, 4.69) is 52.7 Å². The molecule has 0 radical (unpaired) electrons. The molecule has 134 valence electrons. The maximum Gasteiger partial charge on any atom is 0.220 e. The summed E-state index contributed by atoms with van der Waals surface area (Å²) in [5, 5.41) is 7.96. The minimum atomic E-state index is 0.556. The van der Waals surface area contributed by atoms with Crippen LogP contribution in [0.1, 0.15) is 22.9 Å². The van der Waals surface area contributed by atoms with Gasteiger partial charge in [0.15, 0.2) is 0 Å². The Balaban J connectivity index is 1.50. The minimum absolute atomic E-state index is 0.556. The van der Waals surface area contributed by atoms with Gasteiger partial charge in [-0.3, -0.25) is 0 Å². The van der Waals surface area contributed by atoms with Crippen molar-refractivity contribution in [2.45, 2.75) is 20.0 Å². The average molecular weight is 356 g/mol. The molecular weight excluding hydrogens is 336 g/mol. The van der Waals surface area contributed by atoms with Gasteiger partial charge in [-0.15, -0.1) is 10.2 Å². The molecule has 0 N–H and O–H groups in total. The molecule has 0 amide bonds. The van der Waals surface area contributed by atoms with Crippen molar-refractivity contribution >= 4 is 0 Å². The zero-order chi connectivity index (χ0) is 18.5. The Morgan fingerprint density at radius 1 is 0.778 bits per heavy atom. The monoisotopic (exact) mass is 356 g/mol. The van der Waals surface area contributed by atoms with Gasteiger partial charge in [0, 0.05) is 6.92 Å². The first-order valence-electron chi connectivity index (χ1n) is 8.91. The summed E-state index contributed by atoms with van der Waals surface area (Å²) >= 11 is 0. The molecule has 0 saturated carbocycles. The molecule has 0 aliphatic heterocycles. The largest absolute Gasteiger partial charge is 0.489 e. The topological polar surface area (TPSA) is 48.2 Å². The number of hydrogen-bond donors (Lipinski definition) is 0. The van der Waals surface area contributed by atoms with E-state index in [4.69, 9.17) is 9.15 Å². The Morgan fingerprint density at radius 2 is 1.52 bits per heavy atom. The van der Waals surface area contributed by atoms with E-state index in [0.29, 0.717) is 24.8 Å². The summed E-state index contributed by atoms with van der Waals surface area (Å²) in [5.41, 5.74) is 4.53. The molecule has 0 aliphatic carbocycles. The highest BCUT2D eigenvalue weighted by molar-refractivity contribution is 5.65. The summed E-state index contributed by atoms with van der Waals surface area (Å²) in [6, 6.07) is 26.7. The number of aromatic nitrogens is 2. The number of nitrogens with zero attached hydrogens (tertiary/aromatic N) is 2. The van der Waals surface area contributed by atoms with E-state index >= 15 is 0 Å². The molecule has 3 aromatic carbocycles. The summed E-state index contributed by atoms with van der Waals surface area (Å²) < 4.78 is 11.4. The predicted octanol–water partition coefficient (Wildman–Crippen LogP) is 5.21. The lowest BCUT2D eigenvalue weighted by Crippen LogP contribution is -1.95. The Hall–Kier alpha value is -3.40. The van der Waals surface area contributed by atoms with Crippen LogP contribution < -0.4 is 4.74 Å². The quantitative estimate of drug-likeness (QED) is 0.475. The second kappa shape index (κ2) is 7.87. The lowest BCUT2D eigenvalue weighted by molar-refractivity contribution is 0.306. The van der Waals surface area contributed by atoms with Crippen molar-refractivity contribution in [2.75, 3.05) is 0 Å². The molecule has 0 spiro atoms. The van der Waals surface area contributed by atoms with Gasteiger partial charge in [0.1, 0.15) is 12.4 Å². The fourth-order valence-electron chi connectivity index (χ4n) is 2.95. The molecule has 0 aliphatic rings. The Kier molecular flexibility index (Phi) is 4.97. The molecule has 4 nitrogen and oxygen atoms in total. The summed E-state index contributed by atoms with van der Waals surface area (Å²) in [4.78, 5) is 0. The van der Waals surface area contributed by atoms with E-state index in [1.54, 1.807) is 6.92 Å². The SMILES string of the molecule is Cc1nnc(Cc2cccc(-c3cccc(OCc4ccccc4)c3)c2)o1. The third kappa shape index (κ3) is 4.42. The Bertz CT molecular complexity index is 1030. The van der Waals surface area contributed by atoms with Crippen molar-refractivity contribution in [3.05, 3.63) is 102 Å². The first-order chi connectivity index (χ1) is 13.3. The van der Waals surface area contributed by atoms with Crippen molar-refractivity contribution in [1.82, 2.24) is 10.2 Å². The highest BCUT2D eigenvalue weighted by Gasteiger charge is 2.06. The Morgan fingerprint density at radius 3 is 2.30 bits per heavy atom. The Labute approximate surface area is 158 Å². The molecule has 4 heteroatoms. The van der Waals surface area contributed by atoms with Gasteiger partial charge >= 0.3 is 0 Å². The van der Waals surface area contributed by atoms with Gasteiger partial charge in [-0.05, 0) is 34.4 Å². The van der Waals surface area contributed by atoms with E-state index in [1.165, 1.54) is 0 Å². The van der Waals surface area contributed by atoms with Crippen molar-refractivity contribution in [3.8, 4) is 16.9 Å². The molecule has 0 unspecified atom stereocenters. The second-order valence-corrected chi connectivity index (χ2v) is 6.39. The minimum Gasteiger partial charge on any atom is -0.489 e. The summed E-state index contributed by atoms with van der Waals surface area (Å²) in [5.74, 6) is 2.07. The van der Waals surface area contributed by atoms with E-state index in [9.17, 15) is 0 Å². The summed E-state index contributed by atoms with van der Waals surface area (Å²) in [7, 11) is 0. The van der Waals surface area contributed by atoms with Crippen LogP contribution in [-0.4, -0.2) is 10.2 Å². The van der Waals surface area contributed by atoms with E-state index in [1.807, 2.05) is 36.4 Å². The van der Waals surface area contributed by atoms with Crippen LogP contribution in [0.5, 0.6) is 5.75 Å². The van der Waals surface area contributed by atoms with Crippen LogP contribution in [0, 0.1) is 6.92 Å². The number of hydrogen-bond acceptors (Lipinski definition) is 4. The van der Waals surface area contributed by atoms with Crippen LogP contribution >= 0.6 is 0 Å². The molecule has 0 saturated heterocycles. The second-order valence-electron chi connectivity index (χ2n) is 6.39. The van der Waals surface area contributed by atoms with Crippen LogP contribution in [0.2, 0.25) is 0 Å². The van der Waals surface area contributed by atoms with Gasteiger partial charge < -0.3 is 9.15 Å². The number of benzene rings is 3. The zero-order valence-corrected chi connectivity index (χ0v) is 15.1. The van der Waals surface area contributed by atoms with Crippen LogP contribution in [0.4, 0.5) is 0 Å². The molecule has 0 bridgehead atoms. The molecule has 0 fully saturated rings. The van der Waals surface area contributed by atoms with Crippen molar-refractivity contribution in [3.63, 3.8) is 0 Å². The molecular formula is C23H20N2O2. The lowest BCUT2D eigenvalue weighted by atomic mass is 10.0. The third-order valence-electron chi connectivity index (χ3n) is 4.27. The van der Waals surface area contributed by atoms with Crippen molar-refractivity contribution in [2.24, 2.45) is 0 Å². The van der Waals surface area contributed by atoms with Crippen LogP contribution in [0.15, 0.2) is 83.3 Å². The molecule has 4 aromatic rings. The van der Waals surface area contributed by atoms with Crippen LogP contribution in [-0.2, 0) is 13.0 Å². The van der Waals surface area contributed by atoms with Gasteiger partial charge in [0.2, 0.25) is 11.8 Å². The summed E-state index contributed by atoms with van der Waals surface area (Å²) in [6.45, 7) is 2.36. The maximum absolute atomic E-state index is 5.95. The van der Waals surface area contributed by atoms with E-state index in [-0.39, 0.29) is 0 Å². The first-order valence-corrected chi connectivity index (χ1v) is 8.91. The van der Waals surface area contributed by atoms with Gasteiger partial charge in [0.05, 0.1) is 6.42 Å². The number of rotatable bonds is 6. The summed E-state index contributed by atoms with van der Waals surface area (Å²) in [6.07, 6.45) is 0.624. The molecule has 27 heavy (non-hydrogen) atoms. The van der Waals surface area contributed by atoms with Gasteiger partial charge in [0.25, 0.3) is 0 Å². The maximum atomic E-state index is 5.95. The predicted molar refractivity (Wildman–Crippen MR) is 104 cm³/mol. The highest BCUT2D eigenvalue weighted by Crippen LogP contribution is 2.26. The number of aryl methyl sites for hydroxylation is 1. The lowest BCUT2D eigenvalue weighted by Gasteiger charge is -2.09. The zero-order valence-electron chi connectivity index (χ0n) is 15.1. The van der Waals surface area contributed by atoms with Gasteiger partial charge in [-0.2, -0.15) is 0 Å². The fraction of sp³-hybridized carbons (Fsp3) is 0.130. The number of ether oxygens (including phenoxy) is 1. The third-order valence-corrected chi connectivity index (χ3v) is 4.27. The van der Waals surface area contributed by atoms with Crippen LogP contribution in [0.25, 0.3) is 11.1 Å². The van der Waals surface area contributed by atoms with E-state index in [0.717, 1.165) is 28.0 Å². The smallest absolute Gasteiger partial charge is 0.220 e. The molecule has 1 heterocycles. The first kappa shape index (κ1) is 17.0. The highest BCUT2D eigenvalue weighted by atomic mass is 16.5. The standard InChI is InChI=1S/C23H20N2O2/c1-17-24-25-23(27-17)14-19-9-5-10-20(13-19)21-11-6-12-22(15-21)26-16-18-7-3-2-4-8-18/h2-13,15H,14,16H2,1H3. The van der Waals surface area contributed by atoms with Crippen LogP contribution in [0.3, 0.4) is 0 Å². The normalized spacial score (nSPS) is 10.7. The molecule has 4 rings (SSSR count). The van der Waals surface area contributed by atoms with Crippen molar-refractivity contribution in [1.29, 1.82) is 0 Å². The average Bonchev–Trinajstić information content (AvgIpc) is 3.12.